The molecule has 16 heavy (non-hydrogen) atoms. The van der Waals surface area contributed by atoms with E-state index in [4.69, 9.17) is 5.73 Å². The first-order valence-corrected chi connectivity index (χ1v) is 6.78. The molecule has 2 saturated carbocycles. The summed E-state index contributed by atoms with van der Waals surface area (Å²) in [6, 6.07) is 0.253. The van der Waals surface area contributed by atoms with Crippen LogP contribution in [0.4, 0.5) is 0 Å². The van der Waals surface area contributed by atoms with E-state index in [1.54, 1.807) is 0 Å². The number of nitrogens with two attached hydrogens (primary N) is 1. The van der Waals surface area contributed by atoms with E-state index in [-0.39, 0.29) is 11.9 Å². The molecule has 2 aliphatic rings. The summed E-state index contributed by atoms with van der Waals surface area (Å²) in [7, 11) is 0. The van der Waals surface area contributed by atoms with E-state index < -0.39 is 0 Å². The van der Waals surface area contributed by atoms with Gasteiger partial charge < -0.3 is 11.1 Å². The lowest BCUT2D eigenvalue weighted by Gasteiger charge is -2.27. The van der Waals surface area contributed by atoms with Gasteiger partial charge >= 0.3 is 0 Å². The van der Waals surface area contributed by atoms with Gasteiger partial charge in [0.25, 0.3) is 0 Å². The number of rotatable bonds is 5. The van der Waals surface area contributed by atoms with Crippen LogP contribution in [0, 0.1) is 11.8 Å². The van der Waals surface area contributed by atoms with Crippen molar-refractivity contribution in [1.29, 1.82) is 0 Å². The van der Waals surface area contributed by atoms with Crippen molar-refractivity contribution in [1.82, 2.24) is 5.32 Å². The third kappa shape index (κ3) is 3.78. The second-order valence-corrected chi connectivity index (χ2v) is 5.49. The normalized spacial score (nSPS) is 30.1. The third-order valence-corrected chi connectivity index (χ3v) is 3.99. The molecule has 0 bridgehead atoms. The number of hydrogen-bond donors (Lipinski definition) is 2. The molecule has 0 spiro atoms. The summed E-state index contributed by atoms with van der Waals surface area (Å²) >= 11 is 0. The van der Waals surface area contributed by atoms with Crippen LogP contribution in [0.3, 0.4) is 0 Å². The van der Waals surface area contributed by atoms with Crippen LogP contribution < -0.4 is 11.1 Å². The molecule has 92 valence electrons. The summed E-state index contributed by atoms with van der Waals surface area (Å²) in [4.78, 5) is 11.7. The molecule has 0 aromatic rings. The van der Waals surface area contributed by atoms with E-state index >= 15 is 0 Å². The molecule has 2 fully saturated rings. The minimum Gasteiger partial charge on any atom is -0.356 e. The van der Waals surface area contributed by atoms with Gasteiger partial charge in [-0.25, -0.2) is 0 Å². The van der Waals surface area contributed by atoms with Crippen molar-refractivity contribution in [2.75, 3.05) is 6.54 Å². The Morgan fingerprint density at radius 3 is 2.62 bits per heavy atom. The van der Waals surface area contributed by atoms with E-state index in [2.05, 4.69) is 5.32 Å². The van der Waals surface area contributed by atoms with E-state index in [1.165, 1.54) is 32.1 Å². The third-order valence-electron chi connectivity index (χ3n) is 3.99. The highest BCUT2D eigenvalue weighted by Crippen LogP contribution is 2.31. The fourth-order valence-corrected chi connectivity index (χ4v) is 2.62. The van der Waals surface area contributed by atoms with E-state index in [0.29, 0.717) is 12.3 Å². The van der Waals surface area contributed by atoms with E-state index in [1.807, 2.05) is 0 Å². The quantitative estimate of drug-likeness (QED) is 0.748. The minimum atomic E-state index is 0.211. The maximum Gasteiger partial charge on any atom is 0.220 e. The molecule has 0 radical (unpaired) electrons. The van der Waals surface area contributed by atoms with Gasteiger partial charge in [0.2, 0.25) is 5.91 Å². The first kappa shape index (κ1) is 11.9. The minimum absolute atomic E-state index is 0.211. The number of carbonyl (C=O) groups excluding carboxylic acids is 1. The second-order valence-electron chi connectivity index (χ2n) is 5.49. The predicted octanol–water partition coefficient (Wildman–Crippen LogP) is 1.81. The van der Waals surface area contributed by atoms with E-state index in [0.717, 1.165) is 25.3 Å². The predicted molar refractivity (Wildman–Crippen MR) is 64.9 cm³/mol. The van der Waals surface area contributed by atoms with Crippen LogP contribution in [0.2, 0.25) is 0 Å². The summed E-state index contributed by atoms with van der Waals surface area (Å²) in [5, 5.41) is 3.03. The van der Waals surface area contributed by atoms with Crippen LogP contribution in [0.1, 0.15) is 51.4 Å². The van der Waals surface area contributed by atoms with Crippen LogP contribution in [-0.4, -0.2) is 18.5 Å². The van der Waals surface area contributed by atoms with Crippen LogP contribution in [0.15, 0.2) is 0 Å². The first-order valence-electron chi connectivity index (χ1n) is 6.78. The molecule has 2 atom stereocenters. The molecule has 2 aliphatic carbocycles. The molecule has 2 unspecified atom stereocenters. The lowest BCUT2D eigenvalue weighted by molar-refractivity contribution is -0.122. The Kier molecular flexibility index (Phi) is 4.22. The van der Waals surface area contributed by atoms with Gasteiger partial charge in [0.05, 0.1) is 0 Å². The topological polar surface area (TPSA) is 55.1 Å². The Bertz CT molecular complexity index is 238. The second kappa shape index (κ2) is 5.67. The molecular weight excluding hydrogens is 200 g/mol. The smallest absolute Gasteiger partial charge is 0.220 e. The van der Waals surface area contributed by atoms with E-state index in [9.17, 15) is 4.79 Å². The molecule has 3 nitrogen and oxygen atoms in total. The van der Waals surface area contributed by atoms with Gasteiger partial charge in [-0.05, 0) is 31.1 Å². The van der Waals surface area contributed by atoms with Crippen molar-refractivity contribution in [2.45, 2.75) is 57.4 Å². The zero-order valence-corrected chi connectivity index (χ0v) is 10.1. The Labute approximate surface area is 98.2 Å². The lowest BCUT2D eigenvalue weighted by atomic mass is 9.83. The highest BCUT2D eigenvalue weighted by Gasteiger charge is 2.24. The fraction of sp³-hybridized carbons (Fsp3) is 0.923. The van der Waals surface area contributed by atoms with Gasteiger partial charge in [0, 0.05) is 19.0 Å². The number of carbonyl (C=O) groups is 1. The van der Waals surface area contributed by atoms with Gasteiger partial charge in [-0.2, -0.15) is 0 Å². The highest BCUT2D eigenvalue weighted by atomic mass is 16.1. The molecule has 1 amide bonds. The van der Waals surface area contributed by atoms with Gasteiger partial charge in [-0.1, -0.05) is 25.7 Å². The van der Waals surface area contributed by atoms with Gasteiger partial charge in [-0.15, -0.1) is 0 Å². The molecular formula is C13H24N2O. The Balaban J connectivity index is 1.60. The van der Waals surface area contributed by atoms with Crippen LogP contribution in [-0.2, 0) is 4.79 Å². The van der Waals surface area contributed by atoms with Crippen LogP contribution >= 0.6 is 0 Å². The summed E-state index contributed by atoms with van der Waals surface area (Å²) < 4.78 is 0. The van der Waals surface area contributed by atoms with Crippen molar-refractivity contribution in [3.05, 3.63) is 0 Å². The maximum atomic E-state index is 11.7. The molecule has 0 aromatic carbocycles. The Hall–Kier alpha value is -0.570. The van der Waals surface area contributed by atoms with Crippen molar-refractivity contribution in [3.63, 3.8) is 0 Å². The zero-order chi connectivity index (χ0) is 11.4. The lowest BCUT2D eigenvalue weighted by Crippen LogP contribution is -2.37. The van der Waals surface area contributed by atoms with Gasteiger partial charge in [0.1, 0.15) is 0 Å². The summed E-state index contributed by atoms with van der Waals surface area (Å²) in [5.41, 5.74) is 6.03. The average Bonchev–Trinajstić information content (AvgIpc) is 3.05. The monoisotopic (exact) mass is 224 g/mol. The zero-order valence-electron chi connectivity index (χ0n) is 10.1. The van der Waals surface area contributed by atoms with Crippen molar-refractivity contribution in [3.8, 4) is 0 Å². The number of nitrogens with one attached hydrogen (secondary N) is 1. The standard InChI is InChI=1S/C13H24N2O/c14-12-4-2-1-3-11(12)9-13(16)15-8-7-10-5-6-10/h10-12H,1-9,14H2,(H,15,16). The molecule has 0 aromatic heterocycles. The molecule has 0 heterocycles. The summed E-state index contributed by atoms with van der Waals surface area (Å²) in [5.74, 6) is 1.54. The summed E-state index contributed by atoms with van der Waals surface area (Å²) in [6.45, 7) is 0.867. The fourth-order valence-electron chi connectivity index (χ4n) is 2.62. The number of amides is 1. The largest absolute Gasteiger partial charge is 0.356 e. The molecule has 0 saturated heterocycles. The Morgan fingerprint density at radius 1 is 1.19 bits per heavy atom. The average molecular weight is 224 g/mol. The van der Waals surface area contributed by atoms with Gasteiger partial charge in [-0.3, -0.25) is 4.79 Å². The van der Waals surface area contributed by atoms with Crippen LogP contribution in [0.5, 0.6) is 0 Å². The SMILES string of the molecule is NC1CCCCC1CC(=O)NCCC1CC1. The van der Waals surface area contributed by atoms with Crippen molar-refractivity contribution in [2.24, 2.45) is 17.6 Å². The maximum absolute atomic E-state index is 11.7. The van der Waals surface area contributed by atoms with Crippen molar-refractivity contribution < 1.29 is 4.79 Å². The van der Waals surface area contributed by atoms with Crippen molar-refractivity contribution >= 4 is 5.91 Å². The number of hydrogen-bond acceptors (Lipinski definition) is 2. The molecule has 3 heteroatoms. The Morgan fingerprint density at radius 2 is 1.94 bits per heavy atom. The highest BCUT2D eigenvalue weighted by molar-refractivity contribution is 5.76. The first-order chi connectivity index (χ1) is 7.75. The molecule has 2 rings (SSSR count). The molecule has 0 aliphatic heterocycles. The van der Waals surface area contributed by atoms with Gasteiger partial charge in [0.15, 0.2) is 0 Å². The van der Waals surface area contributed by atoms with Crippen LogP contribution in [0.25, 0.3) is 0 Å². The summed E-state index contributed by atoms with van der Waals surface area (Å²) in [6.07, 6.45) is 9.26. The molecule has 3 N–H and O–H groups in total.